The molecule has 31 heavy (non-hydrogen) atoms. The Hall–Kier alpha value is -3.78. The molecule has 1 amide bonds. The molecule has 1 atom stereocenters. The van der Waals surface area contributed by atoms with E-state index in [1.54, 1.807) is 6.08 Å². The Morgan fingerprint density at radius 1 is 1.16 bits per heavy atom. The zero-order valence-corrected chi connectivity index (χ0v) is 17.3. The first-order valence-corrected chi connectivity index (χ1v) is 9.70. The number of hydrogen-bond donors (Lipinski definition) is 1. The number of likely N-dealkylation sites (N-methyl/N-ethyl adjacent to an activating group) is 1. The van der Waals surface area contributed by atoms with Crippen molar-refractivity contribution in [2.24, 2.45) is 0 Å². The molecule has 0 aromatic heterocycles. The Kier molecular flexibility index (Phi) is 6.61. The number of allylic oxidation sites excluding steroid dienone is 1. The van der Waals surface area contributed by atoms with Gasteiger partial charge in [0.05, 0.1) is 16.5 Å². The molecule has 160 valence electrons. The highest BCUT2D eigenvalue weighted by Gasteiger charge is 2.42. The number of carbonyl (C=O) groups excluding carboxylic acids is 2. The molecule has 3 rings (SSSR count). The molecular formula is C23H23N3O5. The van der Waals surface area contributed by atoms with Crippen LogP contribution in [0, 0.1) is 10.1 Å². The van der Waals surface area contributed by atoms with E-state index in [9.17, 15) is 24.8 Å². The molecule has 0 fully saturated rings. The van der Waals surface area contributed by atoms with Crippen LogP contribution in [0.3, 0.4) is 0 Å². The summed E-state index contributed by atoms with van der Waals surface area (Å²) in [4.78, 5) is 39.6. The summed E-state index contributed by atoms with van der Waals surface area (Å²) in [6.45, 7) is 0.792. The number of ketones is 1. The first-order valence-electron chi connectivity index (χ1n) is 9.70. The number of nitro groups is 1. The second kappa shape index (κ2) is 9.36. The van der Waals surface area contributed by atoms with Gasteiger partial charge in [-0.05, 0) is 43.4 Å². The molecular weight excluding hydrogens is 398 g/mol. The summed E-state index contributed by atoms with van der Waals surface area (Å²) in [5.41, 5.74) is 1.18. The highest BCUT2D eigenvalue weighted by Crippen LogP contribution is 2.38. The van der Waals surface area contributed by atoms with E-state index < -0.39 is 28.4 Å². The number of aliphatic hydroxyl groups excluding tert-OH is 1. The van der Waals surface area contributed by atoms with Gasteiger partial charge in [0.1, 0.15) is 0 Å². The Labute approximate surface area is 179 Å². The van der Waals surface area contributed by atoms with E-state index in [4.69, 9.17) is 0 Å². The van der Waals surface area contributed by atoms with E-state index in [-0.39, 0.29) is 17.8 Å². The number of rotatable bonds is 8. The molecule has 1 aliphatic rings. The third kappa shape index (κ3) is 4.87. The molecule has 0 saturated heterocycles. The van der Waals surface area contributed by atoms with Crippen LogP contribution in [0.5, 0.6) is 0 Å². The minimum absolute atomic E-state index is 0.0372. The average Bonchev–Trinajstić information content (AvgIpc) is 3.01. The van der Waals surface area contributed by atoms with Crippen molar-refractivity contribution in [1.82, 2.24) is 9.80 Å². The van der Waals surface area contributed by atoms with Gasteiger partial charge in [0.25, 0.3) is 11.6 Å². The molecule has 2 aromatic rings. The second-order valence-electron chi connectivity index (χ2n) is 7.42. The van der Waals surface area contributed by atoms with Crippen LogP contribution in [0.2, 0.25) is 0 Å². The van der Waals surface area contributed by atoms with Gasteiger partial charge in [0, 0.05) is 25.2 Å². The van der Waals surface area contributed by atoms with Gasteiger partial charge in [-0.3, -0.25) is 19.7 Å². The number of carbonyl (C=O) groups is 2. The number of aliphatic hydroxyl groups is 1. The number of non-ortho nitro benzene ring substituents is 1. The van der Waals surface area contributed by atoms with Crippen LogP contribution in [-0.4, -0.2) is 58.7 Å². The van der Waals surface area contributed by atoms with Crippen molar-refractivity contribution in [3.05, 3.63) is 93.2 Å². The molecule has 1 unspecified atom stereocenters. The number of amides is 1. The maximum atomic E-state index is 13.0. The molecule has 1 N–H and O–H groups in total. The second-order valence-corrected chi connectivity index (χ2v) is 7.42. The van der Waals surface area contributed by atoms with Crippen molar-refractivity contribution in [2.45, 2.75) is 6.04 Å². The maximum absolute atomic E-state index is 13.0. The van der Waals surface area contributed by atoms with E-state index in [2.05, 4.69) is 0 Å². The Morgan fingerprint density at radius 3 is 2.39 bits per heavy atom. The lowest BCUT2D eigenvalue weighted by atomic mass is 9.95. The van der Waals surface area contributed by atoms with Crippen LogP contribution in [0.1, 0.15) is 17.2 Å². The normalized spacial score (nSPS) is 16.5. The molecule has 8 nitrogen and oxygen atoms in total. The van der Waals surface area contributed by atoms with E-state index in [0.29, 0.717) is 12.1 Å². The lowest BCUT2D eigenvalue weighted by Crippen LogP contribution is -2.36. The summed E-state index contributed by atoms with van der Waals surface area (Å²) in [5, 5.41) is 21.5. The first-order chi connectivity index (χ1) is 14.8. The largest absolute Gasteiger partial charge is 0.503 e. The molecule has 0 radical (unpaired) electrons. The summed E-state index contributed by atoms with van der Waals surface area (Å²) >= 11 is 0. The molecule has 0 bridgehead atoms. The number of hydrogen-bond acceptors (Lipinski definition) is 6. The Balaban J connectivity index is 1.98. The molecule has 0 saturated carbocycles. The van der Waals surface area contributed by atoms with Crippen molar-refractivity contribution in [3.8, 4) is 0 Å². The standard InChI is InChI=1S/C23H23N3O5/c1-24(2)14-15-25-21(17-9-11-18(12-10-17)26(30)31)20(22(28)23(25)29)19(27)13-8-16-6-4-3-5-7-16/h3-13,21,28H,14-15H2,1-2H3/b13-8+. The van der Waals surface area contributed by atoms with Gasteiger partial charge < -0.3 is 14.9 Å². The van der Waals surface area contributed by atoms with Crippen molar-refractivity contribution >= 4 is 23.5 Å². The van der Waals surface area contributed by atoms with Gasteiger partial charge in [0.2, 0.25) is 0 Å². The van der Waals surface area contributed by atoms with E-state index in [1.807, 2.05) is 49.3 Å². The summed E-state index contributed by atoms with van der Waals surface area (Å²) < 4.78 is 0. The van der Waals surface area contributed by atoms with Gasteiger partial charge in [0.15, 0.2) is 11.5 Å². The number of nitro benzene ring substituents is 1. The highest BCUT2D eigenvalue weighted by atomic mass is 16.6. The fraction of sp³-hybridized carbons (Fsp3) is 0.217. The van der Waals surface area contributed by atoms with E-state index in [1.165, 1.54) is 35.2 Å². The summed E-state index contributed by atoms with van der Waals surface area (Å²) in [6.07, 6.45) is 2.93. The monoisotopic (exact) mass is 421 g/mol. The molecule has 1 heterocycles. The molecule has 1 aliphatic heterocycles. The van der Waals surface area contributed by atoms with Crippen molar-refractivity contribution in [1.29, 1.82) is 0 Å². The SMILES string of the molecule is CN(C)CCN1C(=O)C(O)=C(C(=O)/C=C/c2ccccc2)C1c1ccc([N+](=O)[O-])cc1. The van der Waals surface area contributed by atoms with Gasteiger partial charge in [-0.1, -0.05) is 36.4 Å². The molecule has 8 heteroatoms. The number of nitrogens with zero attached hydrogens (tertiary/aromatic N) is 3. The predicted molar refractivity (Wildman–Crippen MR) is 116 cm³/mol. The topological polar surface area (TPSA) is 104 Å². The lowest BCUT2D eigenvalue weighted by Gasteiger charge is -2.27. The minimum atomic E-state index is -0.832. The lowest BCUT2D eigenvalue weighted by molar-refractivity contribution is -0.384. The average molecular weight is 421 g/mol. The Morgan fingerprint density at radius 2 is 1.81 bits per heavy atom. The van der Waals surface area contributed by atoms with Crippen molar-refractivity contribution in [3.63, 3.8) is 0 Å². The van der Waals surface area contributed by atoms with Crippen LogP contribution in [0.15, 0.2) is 72.0 Å². The van der Waals surface area contributed by atoms with Gasteiger partial charge in [-0.15, -0.1) is 0 Å². The fourth-order valence-electron chi connectivity index (χ4n) is 3.39. The zero-order chi connectivity index (χ0) is 22.5. The van der Waals surface area contributed by atoms with Crippen molar-refractivity contribution < 1.29 is 19.6 Å². The van der Waals surface area contributed by atoms with Crippen LogP contribution >= 0.6 is 0 Å². The quantitative estimate of drug-likeness (QED) is 0.399. The van der Waals surface area contributed by atoms with Gasteiger partial charge >= 0.3 is 0 Å². The number of benzene rings is 2. The zero-order valence-electron chi connectivity index (χ0n) is 17.3. The van der Waals surface area contributed by atoms with Crippen LogP contribution in [0.4, 0.5) is 5.69 Å². The van der Waals surface area contributed by atoms with Gasteiger partial charge in [-0.2, -0.15) is 0 Å². The predicted octanol–water partition coefficient (Wildman–Crippen LogP) is 3.13. The first kappa shape index (κ1) is 21.9. The maximum Gasteiger partial charge on any atom is 0.290 e. The summed E-state index contributed by atoms with van der Waals surface area (Å²) in [6, 6.07) is 14.0. The molecule has 0 aliphatic carbocycles. The highest BCUT2D eigenvalue weighted by molar-refractivity contribution is 6.14. The van der Waals surface area contributed by atoms with Gasteiger partial charge in [-0.25, -0.2) is 0 Å². The van der Waals surface area contributed by atoms with E-state index in [0.717, 1.165) is 5.56 Å². The Bertz CT molecular complexity index is 1040. The van der Waals surface area contributed by atoms with Crippen LogP contribution < -0.4 is 0 Å². The smallest absolute Gasteiger partial charge is 0.290 e. The fourth-order valence-corrected chi connectivity index (χ4v) is 3.39. The summed E-state index contributed by atoms with van der Waals surface area (Å²) in [7, 11) is 3.70. The third-order valence-electron chi connectivity index (χ3n) is 5.00. The molecule has 0 spiro atoms. The third-order valence-corrected chi connectivity index (χ3v) is 5.00. The molecule has 2 aromatic carbocycles. The summed E-state index contributed by atoms with van der Waals surface area (Å²) in [5.74, 6) is -1.73. The minimum Gasteiger partial charge on any atom is -0.503 e. The van der Waals surface area contributed by atoms with Crippen LogP contribution in [-0.2, 0) is 9.59 Å². The van der Waals surface area contributed by atoms with Crippen LogP contribution in [0.25, 0.3) is 6.08 Å². The van der Waals surface area contributed by atoms with E-state index >= 15 is 0 Å². The van der Waals surface area contributed by atoms with Crippen molar-refractivity contribution in [2.75, 3.05) is 27.2 Å².